The molecule has 0 bridgehead atoms. The zero-order valence-electron chi connectivity index (χ0n) is 15.8. The number of anilines is 1. The van der Waals surface area contributed by atoms with Crippen LogP contribution in [0.3, 0.4) is 0 Å². The minimum Gasteiger partial charge on any atom is -0.349 e. The first-order chi connectivity index (χ1) is 13.7. The lowest BCUT2D eigenvalue weighted by molar-refractivity contribution is -0.119. The largest absolute Gasteiger partial charge is 0.349 e. The number of carbonyl (C=O) groups is 1. The minimum atomic E-state index is 0.0221. The Morgan fingerprint density at radius 1 is 1.07 bits per heavy atom. The van der Waals surface area contributed by atoms with Gasteiger partial charge in [0.2, 0.25) is 5.91 Å². The second-order valence-corrected chi connectivity index (χ2v) is 7.79. The highest BCUT2D eigenvalue weighted by Gasteiger charge is 2.17. The summed E-state index contributed by atoms with van der Waals surface area (Å²) in [6, 6.07) is 22.5. The first-order valence-corrected chi connectivity index (χ1v) is 10.6. The van der Waals surface area contributed by atoms with E-state index in [1.807, 2.05) is 42.5 Å². The predicted molar refractivity (Wildman–Crippen MR) is 119 cm³/mol. The van der Waals surface area contributed by atoms with E-state index in [0.29, 0.717) is 5.75 Å². The molecule has 0 aromatic heterocycles. The van der Waals surface area contributed by atoms with Crippen LogP contribution in [0, 0.1) is 0 Å². The van der Waals surface area contributed by atoms with E-state index in [1.54, 1.807) is 0 Å². The molecular weight excluding hydrogens is 366 g/mol. The Bertz CT molecular complexity index is 1010. The van der Waals surface area contributed by atoms with Crippen LogP contribution >= 0.6 is 11.8 Å². The Balaban J connectivity index is 1.42. The molecule has 1 amide bonds. The summed E-state index contributed by atoms with van der Waals surface area (Å²) in [5.41, 5.74) is 3.14. The highest BCUT2D eigenvalue weighted by molar-refractivity contribution is 8.14. The third kappa shape index (κ3) is 4.04. The number of amides is 1. The number of amidine groups is 1. The van der Waals surface area contributed by atoms with E-state index < -0.39 is 0 Å². The lowest BCUT2D eigenvalue weighted by atomic mass is 10.0. The summed E-state index contributed by atoms with van der Waals surface area (Å²) in [4.78, 5) is 17.3. The van der Waals surface area contributed by atoms with E-state index in [9.17, 15) is 4.79 Å². The lowest BCUT2D eigenvalue weighted by Crippen LogP contribution is -2.30. The van der Waals surface area contributed by atoms with E-state index in [4.69, 9.17) is 4.99 Å². The number of nitrogens with zero attached hydrogens (tertiary/aromatic N) is 1. The van der Waals surface area contributed by atoms with Gasteiger partial charge in [0.25, 0.3) is 0 Å². The lowest BCUT2D eigenvalue weighted by Gasteiger charge is -2.20. The van der Waals surface area contributed by atoms with E-state index in [1.165, 1.54) is 17.1 Å². The van der Waals surface area contributed by atoms with Gasteiger partial charge >= 0.3 is 0 Å². The molecule has 0 aliphatic carbocycles. The standard InChI is InChI=1S/C23H23N3OS/c1-2-8-18(16-9-4-3-5-10-16)24-21(27)15-28-23-25-19-13-6-11-17-12-7-14-20(26-23)22(17)19/h3-7,9-14,18H,2,8,15H2,1H3,(H,24,27)(H,25,26)/t18-/m0/s1. The van der Waals surface area contributed by atoms with Crippen LogP contribution < -0.4 is 10.6 Å². The molecule has 0 saturated carbocycles. The van der Waals surface area contributed by atoms with Crippen LogP contribution in [0.15, 0.2) is 71.7 Å². The molecule has 1 aliphatic rings. The number of hydrogen-bond acceptors (Lipinski definition) is 4. The van der Waals surface area contributed by atoms with Gasteiger partial charge in [0.05, 0.1) is 23.2 Å². The Hall–Kier alpha value is -2.79. The normalized spacial score (nSPS) is 13.5. The smallest absolute Gasteiger partial charge is 0.230 e. The third-order valence-electron chi connectivity index (χ3n) is 4.80. The molecule has 3 aromatic carbocycles. The fraction of sp³-hybridized carbons (Fsp3) is 0.217. The number of thioether (sulfide) groups is 1. The summed E-state index contributed by atoms with van der Waals surface area (Å²) in [5, 5.41) is 9.58. The molecule has 5 heteroatoms. The van der Waals surface area contributed by atoms with Crippen LogP contribution in [0.5, 0.6) is 0 Å². The van der Waals surface area contributed by atoms with Crippen LogP contribution in [0.4, 0.5) is 11.4 Å². The molecule has 0 fully saturated rings. The summed E-state index contributed by atoms with van der Waals surface area (Å²) in [7, 11) is 0. The molecule has 4 rings (SSSR count). The average Bonchev–Trinajstić information content (AvgIpc) is 2.73. The quantitative estimate of drug-likeness (QED) is 0.573. The van der Waals surface area contributed by atoms with Crippen LogP contribution in [0.2, 0.25) is 0 Å². The fourth-order valence-corrected chi connectivity index (χ4v) is 4.20. The number of rotatable bonds is 6. The molecule has 4 nitrogen and oxygen atoms in total. The second kappa shape index (κ2) is 8.48. The maximum atomic E-state index is 12.6. The molecule has 2 N–H and O–H groups in total. The second-order valence-electron chi connectivity index (χ2n) is 6.83. The SMILES string of the molecule is CCC[C@H](NC(=O)CSC1=Nc2cccc3cccc(c23)N1)c1ccccc1. The van der Waals surface area contributed by atoms with E-state index in [2.05, 4.69) is 41.8 Å². The molecule has 0 spiro atoms. The molecule has 1 heterocycles. The van der Waals surface area contributed by atoms with E-state index in [0.717, 1.165) is 40.3 Å². The van der Waals surface area contributed by atoms with Crippen LogP contribution in [0.25, 0.3) is 10.8 Å². The van der Waals surface area contributed by atoms with Gasteiger partial charge in [-0.2, -0.15) is 0 Å². The van der Waals surface area contributed by atoms with Crippen molar-refractivity contribution in [1.82, 2.24) is 5.32 Å². The topological polar surface area (TPSA) is 53.5 Å². The van der Waals surface area contributed by atoms with Gasteiger partial charge in [0.1, 0.15) is 0 Å². The van der Waals surface area contributed by atoms with Crippen LogP contribution in [-0.2, 0) is 4.79 Å². The van der Waals surface area contributed by atoms with Gasteiger partial charge in [-0.05, 0) is 29.5 Å². The van der Waals surface area contributed by atoms with E-state index >= 15 is 0 Å². The summed E-state index contributed by atoms with van der Waals surface area (Å²) in [6.07, 6.45) is 1.94. The highest BCUT2D eigenvalue weighted by atomic mass is 32.2. The maximum absolute atomic E-state index is 12.6. The predicted octanol–water partition coefficient (Wildman–Crippen LogP) is 5.64. The zero-order valence-corrected chi connectivity index (χ0v) is 16.6. The monoisotopic (exact) mass is 389 g/mol. The molecule has 1 atom stereocenters. The van der Waals surface area contributed by atoms with Crippen molar-refractivity contribution in [3.63, 3.8) is 0 Å². The summed E-state index contributed by atoms with van der Waals surface area (Å²) >= 11 is 1.44. The van der Waals surface area contributed by atoms with Gasteiger partial charge in [0, 0.05) is 5.39 Å². The van der Waals surface area contributed by atoms with Crippen LogP contribution in [0.1, 0.15) is 31.4 Å². The molecule has 0 radical (unpaired) electrons. The van der Waals surface area contributed by atoms with Crippen molar-refractivity contribution in [3.05, 3.63) is 72.3 Å². The highest BCUT2D eigenvalue weighted by Crippen LogP contribution is 2.36. The third-order valence-corrected chi connectivity index (χ3v) is 5.67. The van der Waals surface area contributed by atoms with Gasteiger partial charge in [-0.15, -0.1) is 0 Å². The van der Waals surface area contributed by atoms with Gasteiger partial charge < -0.3 is 10.6 Å². The van der Waals surface area contributed by atoms with Crippen molar-refractivity contribution in [1.29, 1.82) is 0 Å². The van der Waals surface area contributed by atoms with E-state index in [-0.39, 0.29) is 11.9 Å². The van der Waals surface area contributed by atoms with Gasteiger partial charge in [-0.25, -0.2) is 4.99 Å². The average molecular weight is 390 g/mol. The Morgan fingerprint density at radius 2 is 1.86 bits per heavy atom. The van der Waals surface area contributed by atoms with Crippen molar-refractivity contribution in [2.24, 2.45) is 4.99 Å². The number of benzene rings is 3. The van der Waals surface area contributed by atoms with Crippen molar-refractivity contribution in [2.75, 3.05) is 11.1 Å². The number of aliphatic imine (C=N–C) groups is 1. The van der Waals surface area contributed by atoms with Gasteiger partial charge in [-0.3, -0.25) is 4.79 Å². The van der Waals surface area contributed by atoms with Crippen LogP contribution in [-0.4, -0.2) is 16.8 Å². The fourth-order valence-electron chi connectivity index (χ4n) is 3.51. The molecule has 142 valence electrons. The van der Waals surface area contributed by atoms with Crippen molar-refractivity contribution < 1.29 is 4.79 Å². The molecule has 0 saturated heterocycles. The Kier molecular flexibility index (Phi) is 5.63. The van der Waals surface area contributed by atoms with Gasteiger partial charge in [-0.1, -0.05) is 79.7 Å². The van der Waals surface area contributed by atoms with Crippen molar-refractivity contribution in [2.45, 2.75) is 25.8 Å². The Morgan fingerprint density at radius 3 is 2.64 bits per heavy atom. The number of carbonyl (C=O) groups excluding carboxylic acids is 1. The molecule has 3 aromatic rings. The van der Waals surface area contributed by atoms with Crippen molar-refractivity contribution in [3.8, 4) is 0 Å². The molecular formula is C23H23N3OS. The molecule has 0 unspecified atom stereocenters. The molecule has 28 heavy (non-hydrogen) atoms. The first-order valence-electron chi connectivity index (χ1n) is 9.59. The zero-order chi connectivity index (χ0) is 19.3. The molecule has 1 aliphatic heterocycles. The number of nitrogens with one attached hydrogen (secondary N) is 2. The summed E-state index contributed by atoms with van der Waals surface area (Å²) < 4.78 is 0. The Labute approximate surface area is 169 Å². The first kappa shape index (κ1) is 18.6. The number of hydrogen-bond donors (Lipinski definition) is 2. The summed E-state index contributed by atoms with van der Waals surface area (Å²) in [5.74, 6) is 0.352. The summed E-state index contributed by atoms with van der Waals surface area (Å²) in [6.45, 7) is 2.13. The van der Waals surface area contributed by atoms with Gasteiger partial charge in [0.15, 0.2) is 5.17 Å². The minimum absolute atomic E-state index is 0.0221. The maximum Gasteiger partial charge on any atom is 0.230 e. The van der Waals surface area contributed by atoms with Crippen molar-refractivity contribution >= 4 is 45.0 Å².